The highest BCUT2D eigenvalue weighted by molar-refractivity contribution is 5.94. The van der Waals surface area contributed by atoms with Crippen molar-refractivity contribution in [1.82, 2.24) is 19.4 Å². The molecule has 1 atom stereocenters. The third-order valence-electron chi connectivity index (χ3n) is 4.71. The zero-order chi connectivity index (χ0) is 17.1. The highest BCUT2D eigenvalue weighted by Gasteiger charge is 2.27. The molecule has 3 heterocycles. The molecule has 4 rings (SSSR count). The van der Waals surface area contributed by atoms with Gasteiger partial charge in [0.25, 0.3) is 5.91 Å². The Kier molecular flexibility index (Phi) is 4.29. The van der Waals surface area contributed by atoms with E-state index in [4.69, 9.17) is 0 Å². The van der Waals surface area contributed by atoms with E-state index >= 15 is 0 Å². The first-order valence-electron chi connectivity index (χ1n) is 8.57. The van der Waals surface area contributed by atoms with Crippen molar-refractivity contribution in [3.05, 3.63) is 78.6 Å². The lowest BCUT2D eigenvalue weighted by atomic mass is 10.0. The van der Waals surface area contributed by atoms with Crippen LogP contribution in [0.1, 0.15) is 22.5 Å². The summed E-state index contributed by atoms with van der Waals surface area (Å²) in [6.45, 7) is 1.62. The fraction of sp³-hybridized carbons (Fsp3) is 0.250. The molecule has 1 saturated heterocycles. The van der Waals surface area contributed by atoms with Crippen molar-refractivity contribution in [3.63, 3.8) is 0 Å². The third kappa shape index (κ3) is 3.45. The van der Waals surface area contributed by atoms with E-state index in [1.165, 1.54) is 0 Å². The molecule has 2 aromatic heterocycles. The number of hydrogen-bond acceptors (Lipinski definition) is 3. The summed E-state index contributed by atoms with van der Waals surface area (Å²) in [5.41, 5.74) is 2.84. The molecule has 3 aromatic rings. The molecular formula is C20H20N4O. The molecular weight excluding hydrogens is 312 g/mol. The Morgan fingerprint density at radius 1 is 1.12 bits per heavy atom. The molecule has 0 radical (unpaired) electrons. The minimum absolute atomic E-state index is 0.112. The van der Waals surface area contributed by atoms with Crippen LogP contribution in [0.3, 0.4) is 0 Å². The zero-order valence-corrected chi connectivity index (χ0v) is 14.0. The standard InChI is InChI=1S/C20H20N4O/c25-20(17-4-6-19(7-5-17)24-12-10-21-15-24)23-11-8-16(14-23)13-18-3-1-2-9-22-18/h1-7,9-10,12,15-16H,8,11,13-14H2. The molecule has 0 N–H and O–H groups in total. The van der Waals surface area contributed by atoms with Crippen LogP contribution in [-0.2, 0) is 6.42 Å². The smallest absolute Gasteiger partial charge is 0.253 e. The van der Waals surface area contributed by atoms with Gasteiger partial charge in [-0.1, -0.05) is 6.07 Å². The van der Waals surface area contributed by atoms with Gasteiger partial charge >= 0.3 is 0 Å². The Morgan fingerprint density at radius 2 is 2.00 bits per heavy atom. The van der Waals surface area contributed by atoms with Gasteiger partial charge in [0.15, 0.2) is 0 Å². The van der Waals surface area contributed by atoms with E-state index in [9.17, 15) is 4.79 Å². The van der Waals surface area contributed by atoms with Gasteiger partial charge in [-0.3, -0.25) is 9.78 Å². The number of amides is 1. The van der Waals surface area contributed by atoms with Crippen molar-refractivity contribution < 1.29 is 4.79 Å². The molecule has 126 valence electrons. The van der Waals surface area contributed by atoms with Crippen LogP contribution in [-0.4, -0.2) is 38.4 Å². The van der Waals surface area contributed by atoms with E-state index in [-0.39, 0.29) is 5.91 Å². The Balaban J connectivity index is 1.40. The fourth-order valence-electron chi connectivity index (χ4n) is 3.37. The van der Waals surface area contributed by atoms with E-state index in [1.54, 1.807) is 12.5 Å². The Bertz CT molecular complexity index is 828. The third-order valence-corrected chi connectivity index (χ3v) is 4.71. The topological polar surface area (TPSA) is 51.0 Å². The Morgan fingerprint density at radius 3 is 2.72 bits per heavy atom. The molecule has 1 aliphatic heterocycles. The number of carbonyl (C=O) groups excluding carboxylic acids is 1. The SMILES string of the molecule is O=C(c1ccc(-n2ccnc2)cc1)N1CCC(Cc2ccccn2)C1. The van der Waals surface area contributed by atoms with E-state index in [0.717, 1.165) is 42.9 Å². The summed E-state index contributed by atoms with van der Waals surface area (Å²) in [7, 11) is 0. The zero-order valence-electron chi connectivity index (χ0n) is 14.0. The monoisotopic (exact) mass is 332 g/mol. The van der Waals surface area contributed by atoms with E-state index < -0.39 is 0 Å². The van der Waals surface area contributed by atoms with Gasteiger partial charge in [0, 0.05) is 48.6 Å². The minimum atomic E-state index is 0.112. The maximum atomic E-state index is 12.7. The number of aromatic nitrogens is 3. The summed E-state index contributed by atoms with van der Waals surface area (Å²) in [5.74, 6) is 0.602. The average Bonchev–Trinajstić information content (AvgIpc) is 3.34. The number of imidazole rings is 1. The largest absolute Gasteiger partial charge is 0.338 e. The van der Waals surface area contributed by atoms with Crippen LogP contribution in [0.4, 0.5) is 0 Å². The number of nitrogens with zero attached hydrogens (tertiary/aromatic N) is 4. The summed E-state index contributed by atoms with van der Waals surface area (Å²) in [4.78, 5) is 23.1. The van der Waals surface area contributed by atoms with Crippen molar-refractivity contribution in [2.45, 2.75) is 12.8 Å². The van der Waals surface area contributed by atoms with Crippen LogP contribution in [0, 0.1) is 5.92 Å². The number of pyridine rings is 1. The van der Waals surface area contributed by atoms with Crippen LogP contribution >= 0.6 is 0 Å². The summed E-state index contributed by atoms with van der Waals surface area (Å²) in [6.07, 6.45) is 9.18. The first kappa shape index (κ1) is 15.6. The lowest BCUT2D eigenvalue weighted by Gasteiger charge is -2.17. The van der Waals surface area contributed by atoms with Crippen molar-refractivity contribution in [2.75, 3.05) is 13.1 Å². The second-order valence-electron chi connectivity index (χ2n) is 6.45. The Hall–Kier alpha value is -2.95. The summed E-state index contributed by atoms with van der Waals surface area (Å²) in [5, 5.41) is 0. The van der Waals surface area contributed by atoms with E-state index in [2.05, 4.69) is 16.0 Å². The number of hydrogen-bond donors (Lipinski definition) is 0. The molecule has 0 aliphatic carbocycles. The van der Waals surface area contributed by atoms with Gasteiger partial charge in [-0.25, -0.2) is 4.98 Å². The average molecular weight is 332 g/mol. The lowest BCUT2D eigenvalue weighted by Crippen LogP contribution is -2.29. The fourth-order valence-corrected chi connectivity index (χ4v) is 3.37. The van der Waals surface area contributed by atoms with Gasteiger partial charge in [-0.2, -0.15) is 0 Å². The summed E-state index contributed by atoms with van der Waals surface area (Å²) < 4.78 is 1.92. The van der Waals surface area contributed by atoms with Gasteiger partial charge in [0.05, 0.1) is 6.33 Å². The molecule has 1 amide bonds. The van der Waals surface area contributed by atoms with Crippen LogP contribution in [0.2, 0.25) is 0 Å². The van der Waals surface area contributed by atoms with E-state index in [1.807, 2.05) is 58.3 Å². The highest BCUT2D eigenvalue weighted by Crippen LogP contribution is 2.22. The second kappa shape index (κ2) is 6.89. The molecule has 1 unspecified atom stereocenters. The van der Waals surface area contributed by atoms with Crippen molar-refractivity contribution >= 4 is 5.91 Å². The molecule has 0 saturated carbocycles. The number of rotatable bonds is 4. The molecule has 1 aliphatic rings. The van der Waals surface area contributed by atoms with Gasteiger partial charge in [-0.15, -0.1) is 0 Å². The van der Waals surface area contributed by atoms with E-state index in [0.29, 0.717) is 5.92 Å². The van der Waals surface area contributed by atoms with Crippen molar-refractivity contribution in [2.24, 2.45) is 5.92 Å². The molecule has 1 aromatic carbocycles. The van der Waals surface area contributed by atoms with Crippen molar-refractivity contribution in [1.29, 1.82) is 0 Å². The molecule has 25 heavy (non-hydrogen) atoms. The first-order chi connectivity index (χ1) is 12.3. The summed E-state index contributed by atoms with van der Waals surface area (Å²) >= 11 is 0. The predicted molar refractivity (Wildman–Crippen MR) is 95.5 cm³/mol. The predicted octanol–water partition coefficient (Wildman–Crippen LogP) is 2.97. The lowest BCUT2D eigenvalue weighted by molar-refractivity contribution is 0.0787. The Labute approximate surface area is 147 Å². The normalized spacial score (nSPS) is 17.0. The summed E-state index contributed by atoms with van der Waals surface area (Å²) in [6, 6.07) is 13.7. The highest BCUT2D eigenvalue weighted by atomic mass is 16.2. The molecule has 5 nitrogen and oxygen atoms in total. The van der Waals surface area contributed by atoms with Crippen molar-refractivity contribution in [3.8, 4) is 5.69 Å². The second-order valence-corrected chi connectivity index (χ2v) is 6.45. The molecule has 0 bridgehead atoms. The van der Waals surface area contributed by atoms with Gasteiger partial charge in [-0.05, 0) is 55.2 Å². The maximum absolute atomic E-state index is 12.7. The van der Waals surface area contributed by atoms with Gasteiger partial charge in [0.2, 0.25) is 0 Å². The minimum Gasteiger partial charge on any atom is -0.338 e. The number of benzene rings is 1. The first-order valence-corrected chi connectivity index (χ1v) is 8.57. The molecule has 1 fully saturated rings. The van der Waals surface area contributed by atoms with Gasteiger partial charge in [0.1, 0.15) is 0 Å². The maximum Gasteiger partial charge on any atom is 0.253 e. The van der Waals surface area contributed by atoms with Gasteiger partial charge < -0.3 is 9.47 Å². The van der Waals surface area contributed by atoms with Crippen LogP contribution in [0.15, 0.2) is 67.4 Å². The number of carbonyl (C=O) groups is 1. The van der Waals surface area contributed by atoms with Crippen LogP contribution in [0.25, 0.3) is 5.69 Å². The van der Waals surface area contributed by atoms with Crippen LogP contribution < -0.4 is 0 Å². The quantitative estimate of drug-likeness (QED) is 0.738. The number of likely N-dealkylation sites (tertiary alicyclic amines) is 1. The molecule has 5 heteroatoms. The van der Waals surface area contributed by atoms with Crippen LogP contribution in [0.5, 0.6) is 0 Å². The molecule has 0 spiro atoms.